The first-order valence-electron chi connectivity index (χ1n) is 7.14. The zero-order chi connectivity index (χ0) is 15.7. The van der Waals surface area contributed by atoms with Crippen molar-refractivity contribution in [2.24, 2.45) is 0 Å². The van der Waals surface area contributed by atoms with Crippen LogP contribution in [-0.2, 0) is 10.0 Å². The normalized spacial score (nSPS) is 20.2. The number of aryl methyl sites for hydroxylation is 1. The zero-order valence-corrected chi connectivity index (χ0v) is 13.7. The molecule has 0 bridgehead atoms. The molecule has 0 saturated carbocycles. The first-order chi connectivity index (χ1) is 10.5. The molecule has 2 aromatic rings. The highest BCUT2D eigenvalue weighted by Gasteiger charge is 2.37. The number of H-pyrrole nitrogens is 1. The van der Waals surface area contributed by atoms with Crippen LogP contribution >= 0.6 is 11.6 Å². The fraction of sp³-hybridized carbons (Fsp3) is 0.429. The Balaban J connectivity index is 2.04. The molecule has 1 saturated heterocycles. The van der Waals surface area contributed by atoms with Crippen molar-refractivity contribution in [3.05, 3.63) is 40.9 Å². The molecule has 22 heavy (non-hydrogen) atoms. The van der Waals surface area contributed by atoms with Crippen LogP contribution in [0, 0.1) is 6.92 Å². The molecule has 6 nitrogen and oxygen atoms in total. The van der Waals surface area contributed by atoms with Crippen molar-refractivity contribution in [1.82, 2.24) is 19.5 Å². The lowest BCUT2D eigenvalue weighted by Crippen LogP contribution is -2.39. The van der Waals surface area contributed by atoms with E-state index in [-0.39, 0.29) is 16.0 Å². The smallest absolute Gasteiger partial charge is 0.245 e. The summed E-state index contributed by atoms with van der Waals surface area (Å²) in [5.41, 5.74) is 0.746. The Morgan fingerprint density at radius 3 is 2.91 bits per heavy atom. The van der Waals surface area contributed by atoms with Crippen molar-refractivity contribution in [2.75, 3.05) is 6.54 Å². The lowest BCUT2D eigenvalue weighted by Gasteiger charge is -2.33. The minimum absolute atomic E-state index is 0.153. The molecule has 1 aromatic carbocycles. The second-order valence-electron chi connectivity index (χ2n) is 5.39. The summed E-state index contributed by atoms with van der Waals surface area (Å²) in [5.74, 6) is 0.576. The molecule has 1 atom stereocenters. The number of rotatable bonds is 3. The van der Waals surface area contributed by atoms with Crippen molar-refractivity contribution in [3.8, 4) is 0 Å². The second-order valence-corrected chi connectivity index (χ2v) is 7.62. The van der Waals surface area contributed by atoms with E-state index in [1.165, 1.54) is 10.6 Å². The molecule has 1 fully saturated rings. The maximum Gasteiger partial charge on any atom is 0.245 e. The van der Waals surface area contributed by atoms with Gasteiger partial charge in [-0.1, -0.05) is 30.2 Å². The fourth-order valence-electron chi connectivity index (χ4n) is 2.79. The predicted octanol–water partition coefficient (Wildman–Crippen LogP) is 2.68. The number of sulfonamides is 1. The molecular weight excluding hydrogens is 324 g/mol. The van der Waals surface area contributed by atoms with E-state index in [2.05, 4.69) is 15.2 Å². The molecule has 8 heteroatoms. The van der Waals surface area contributed by atoms with Crippen molar-refractivity contribution in [2.45, 2.75) is 37.1 Å². The topological polar surface area (TPSA) is 79.0 Å². The largest absolute Gasteiger partial charge is 0.262 e. The Morgan fingerprint density at radius 2 is 2.18 bits per heavy atom. The van der Waals surface area contributed by atoms with E-state index in [4.69, 9.17) is 11.6 Å². The van der Waals surface area contributed by atoms with Gasteiger partial charge in [0.25, 0.3) is 0 Å². The van der Waals surface area contributed by atoms with Gasteiger partial charge in [-0.15, -0.1) is 0 Å². The molecule has 0 radical (unpaired) electrons. The predicted molar refractivity (Wildman–Crippen MR) is 83.1 cm³/mol. The molecule has 1 aliphatic heterocycles. The van der Waals surface area contributed by atoms with Crippen LogP contribution in [0.3, 0.4) is 0 Å². The average Bonchev–Trinajstić information content (AvgIpc) is 3.04. The van der Waals surface area contributed by atoms with E-state index < -0.39 is 10.0 Å². The Kier molecular flexibility index (Phi) is 4.20. The lowest BCUT2D eigenvalue weighted by molar-refractivity contribution is 0.247. The van der Waals surface area contributed by atoms with Crippen LogP contribution in [0.5, 0.6) is 0 Å². The van der Waals surface area contributed by atoms with E-state index in [0.29, 0.717) is 12.4 Å². The number of halogens is 1. The van der Waals surface area contributed by atoms with Crippen molar-refractivity contribution in [3.63, 3.8) is 0 Å². The quantitative estimate of drug-likeness (QED) is 0.931. The summed E-state index contributed by atoms with van der Waals surface area (Å²) in [6.07, 6.45) is 3.90. The van der Waals surface area contributed by atoms with E-state index in [0.717, 1.165) is 24.8 Å². The van der Waals surface area contributed by atoms with Gasteiger partial charge >= 0.3 is 0 Å². The van der Waals surface area contributed by atoms with Crippen molar-refractivity contribution < 1.29 is 8.42 Å². The molecule has 2 heterocycles. The zero-order valence-electron chi connectivity index (χ0n) is 12.2. The highest BCUT2D eigenvalue weighted by atomic mass is 35.5. The van der Waals surface area contributed by atoms with Gasteiger partial charge in [-0.05, 0) is 31.4 Å². The maximum atomic E-state index is 13.0. The molecule has 0 amide bonds. The third-order valence-corrected chi connectivity index (χ3v) is 6.51. The molecule has 1 unspecified atom stereocenters. The van der Waals surface area contributed by atoms with E-state index in [1.54, 1.807) is 25.1 Å². The highest BCUT2D eigenvalue weighted by Crippen LogP contribution is 2.36. The Bertz CT molecular complexity index is 761. The van der Waals surface area contributed by atoms with Gasteiger partial charge in [0.05, 0.1) is 11.1 Å². The van der Waals surface area contributed by atoms with E-state index in [1.807, 2.05) is 0 Å². The second kappa shape index (κ2) is 5.98. The highest BCUT2D eigenvalue weighted by molar-refractivity contribution is 7.89. The molecule has 118 valence electrons. The summed E-state index contributed by atoms with van der Waals surface area (Å²) >= 11 is 6.23. The molecular formula is C14H17ClN4O2S. The van der Waals surface area contributed by atoms with Crippen molar-refractivity contribution in [1.29, 1.82) is 0 Å². The Morgan fingerprint density at radius 1 is 1.36 bits per heavy atom. The van der Waals surface area contributed by atoms with Crippen LogP contribution in [0.4, 0.5) is 0 Å². The minimum Gasteiger partial charge on any atom is -0.262 e. The van der Waals surface area contributed by atoms with Gasteiger partial charge in [-0.25, -0.2) is 13.4 Å². The van der Waals surface area contributed by atoms with Gasteiger partial charge < -0.3 is 0 Å². The van der Waals surface area contributed by atoms with Gasteiger partial charge in [0.1, 0.15) is 17.0 Å². The Labute approximate surface area is 134 Å². The number of hydrogen-bond acceptors (Lipinski definition) is 4. The van der Waals surface area contributed by atoms with Gasteiger partial charge in [-0.2, -0.15) is 9.40 Å². The van der Waals surface area contributed by atoms with Crippen LogP contribution in [-0.4, -0.2) is 34.4 Å². The molecule has 1 aromatic heterocycles. The number of piperidine rings is 1. The molecule has 3 rings (SSSR count). The molecule has 1 aliphatic rings. The van der Waals surface area contributed by atoms with E-state index in [9.17, 15) is 8.42 Å². The summed E-state index contributed by atoms with van der Waals surface area (Å²) in [4.78, 5) is 4.28. The van der Waals surface area contributed by atoms with Crippen LogP contribution < -0.4 is 0 Å². The molecule has 0 aliphatic carbocycles. The Hall–Kier alpha value is -1.44. The van der Waals surface area contributed by atoms with Crippen molar-refractivity contribution >= 4 is 21.6 Å². The number of nitrogens with one attached hydrogen (secondary N) is 1. The SMILES string of the molecule is Cc1cccc(S(=O)(=O)N2CCCCC2c2ncn[nH]2)c1Cl. The number of nitrogens with zero attached hydrogens (tertiary/aromatic N) is 3. The number of aromatic amines is 1. The lowest BCUT2D eigenvalue weighted by atomic mass is 10.0. The molecule has 1 N–H and O–H groups in total. The third-order valence-electron chi connectivity index (χ3n) is 3.95. The number of hydrogen-bond donors (Lipinski definition) is 1. The number of aromatic nitrogens is 3. The van der Waals surface area contributed by atoms with Gasteiger partial charge in [0, 0.05) is 6.54 Å². The van der Waals surface area contributed by atoms with Crippen LogP contribution in [0.15, 0.2) is 29.4 Å². The summed E-state index contributed by atoms with van der Waals surface area (Å²) in [7, 11) is -3.68. The van der Waals surface area contributed by atoms with Gasteiger partial charge in [0.15, 0.2) is 0 Å². The first-order valence-corrected chi connectivity index (χ1v) is 8.96. The monoisotopic (exact) mass is 340 g/mol. The summed E-state index contributed by atoms with van der Waals surface area (Å²) in [5, 5.41) is 6.90. The fourth-order valence-corrected chi connectivity index (χ4v) is 5.01. The average molecular weight is 341 g/mol. The van der Waals surface area contributed by atoms with Gasteiger partial charge in [0.2, 0.25) is 10.0 Å². The van der Waals surface area contributed by atoms with Crippen LogP contribution in [0.2, 0.25) is 5.02 Å². The summed E-state index contributed by atoms with van der Waals surface area (Å²) in [6, 6.07) is 4.74. The summed E-state index contributed by atoms with van der Waals surface area (Å²) < 4.78 is 27.6. The minimum atomic E-state index is -3.68. The van der Waals surface area contributed by atoms with Crippen LogP contribution in [0.1, 0.15) is 36.7 Å². The summed E-state index contributed by atoms with van der Waals surface area (Å²) in [6.45, 7) is 2.25. The third kappa shape index (κ3) is 2.64. The van der Waals surface area contributed by atoms with Gasteiger partial charge in [-0.3, -0.25) is 5.10 Å². The number of benzene rings is 1. The molecule has 0 spiro atoms. The standard InChI is InChI=1S/C14H17ClN4O2S/c1-10-5-4-7-12(13(10)15)22(20,21)19-8-3-2-6-11(19)14-16-9-17-18-14/h4-5,7,9,11H,2-3,6,8H2,1H3,(H,16,17,18). The first kappa shape index (κ1) is 15.5. The maximum absolute atomic E-state index is 13.0. The van der Waals surface area contributed by atoms with Crippen LogP contribution in [0.25, 0.3) is 0 Å². The van der Waals surface area contributed by atoms with E-state index >= 15 is 0 Å².